The summed E-state index contributed by atoms with van der Waals surface area (Å²) < 4.78 is 33.6. The molecule has 10 heteroatoms. The highest BCUT2D eigenvalue weighted by Gasteiger charge is 2.48. The quantitative estimate of drug-likeness (QED) is 0.658. The third kappa shape index (κ3) is 2.99. The second kappa shape index (κ2) is 5.94. The number of rotatable bonds is 4. The lowest BCUT2D eigenvalue weighted by atomic mass is 10.0. The van der Waals surface area contributed by atoms with E-state index >= 15 is 0 Å². The molecule has 0 saturated carbocycles. The largest absolute Gasteiger partial charge is 0.375 e. The van der Waals surface area contributed by atoms with Gasteiger partial charge in [-0.2, -0.15) is 4.98 Å². The molecule has 3 heterocycles. The normalized spacial score (nSPS) is 27.8. The third-order valence-corrected chi connectivity index (χ3v) is 5.83. The van der Waals surface area contributed by atoms with Gasteiger partial charge in [0, 0.05) is 26.2 Å². The molecule has 0 N–H and O–H groups in total. The van der Waals surface area contributed by atoms with Gasteiger partial charge in [-0.15, -0.1) is 0 Å². The number of ether oxygens (including phenoxy) is 1. The molecule has 0 unspecified atom stereocenters. The predicted molar refractivity (Wildman–Crippen MR) is 74.5 cm³/mol. The number of sulfone groups is 1. The summed E-state index contributed by atoms with van der Waals surface area (Å²) >= 11 is 0. The summed E-state index contributed by atoms with van der Waals surface area (Å²) in [5, 5.41) is 3.77. The lowest BCUT2D eigenvalue weighted by Gasteiger charge is -2.43. The zero-order chi connectivity index (χ0) is 15.7. The average molecular weight is 330 g/mol. The summed E-state index contributed by atoms with van der Waals surface area (Å²) in [6.45, 7) is 1.42. The molecule has 122 valence electrons. The van der Waals surface area contributed by atoms with Gasteiger partial charge in [0.2, 0.25) is 12.3 Å². The number of hydrogen-bond acceptors (Lipinski definition) is 8. The van der Waals surface area contributed by atoms with Crippen LogP contribution in [0.15, 0.2) is 10.9 Å². The second-order valence-corrected chi connectivity index (χ2v) is 7.70. The number of hydrogen-bond donors (Lipinski definition) is 0. The molecular formula is C12H18N4O5S. The first kappa shape index (κ1) is 15.4. The van der Waals surface area contributed by atoms with Gasteiger partial charge < -0.3 is 14.2 Å². The molecule has 0 spiro atoms. The van der Waals surface area contributed by atoms with Crippen molar-refractivity contribution < 1.29 is 22.5 Å². The van der Waals surface area contributed by atoms with Crippen LogP contribution in [0, 0.1) is 0 Å². The molecule has 9 nitrogen and oxygen atoms in total. The van der Waals surface area contributed by atoms with E-state index in [1.165, 1.54) is 13.5 Å². The molecule has 2 aliphatic heterocycles. The molecule has 1 aromatic heterocycles. The number of nitrogens with zero attached hydrogens (tertiary/aromatic N) is 4. The number of amides is 1. The fraction of sp³-hybridized carbons (Fsp3) is 0.750. The summed E-state index contributed by atoms with van der Waals surface area (Å²) in [5.74, 6) is 0.385. The predicted octanol–water partition coefficient (Wildman–Crippen LogP) is -1.47. The van der Waals surface area contributed by atoms with Crippen LogP contribution in [0.2, 0.25) is 0 Å². The van der Waals surface area contributed by atoms with Crippen LogP contribution in [0.1, 0.15) is 5.82 Å². The van der Waals surface area contributed by atoms with Crippen molar-refractivity contribution in [2.24, 2.45) is 0 Å². The Morgan fingerprint density at radius 3 is 2.86 bits per heavy atom. The van der Waals surface area contributed by atoms with E-state index < -0.39 is 9.84 Å². The number of piperazine rings is 1. The Morgan fingerprint density at radius 1 is 1.41 bits per heavy atom. The summed E-state index contributed by atoms with van der Waals surface area (Å²) in [6, 6.07) is -0.577. The molecule has 1 aromatic rings. The van der Waals surface area contributed by atoms with Gasteiger partial charge in [0.05, 0.1) is 24.1 Å². The highest BCUT2D eigenvalue weighted by Crippen LogP contribution is 2.27. The van der Waals surface area contributed by atoms with Crippen LogP contribution < -0.4 is 0 Å². The SMILES string of the molecule is COCC(=O)N1CCN(Cc2ncon2)[C@@H]2CS(=O)(=O)C[C@@H]21. The fourth-order valence-electron chi connectivity index (χ4n) is 3.18. The van der Waals surface area contributed by atoms with Crippen LogP contribution in [0.5, 0.6) is 0 Å². The zero-order valence-corrected chi connectivity index (χ0v) is 13.0. The van der Waals surface area contributed by atoms with Crippen molar-refractivity contribution in [3.05, 3.63) is 12.2 Å². The average Bonchev–Trinajstić information content (AvgIpc) is 3.05. The first-order chi connectivity index (χ1) is 10.5. The van der Waals surface area contributed by atoms with E-state index in [1.807, 2.05) is 4.90 Å². The Labute approximate surface area is 128 Å². The van der Waals surface area contributed by atoms with Crippen LogP contribution in [0.25, 0.3) is 0 Å². The minimum Gasteiger partial charge on any atom is -0.375 e. The van der Waals surface area contributed by atoms with Crippen molar-refractivity contribution in [3.63, 3.8) is 0 Å². The van der Waals surface area contributed by atoms with Crippen LogP contribution in [0.3, 0.4) is 0 Å². The topological polar surface area (TPSA) is 106 Å². The van der Waals surface area contributed by atoms with E-state index in [0.717, 1.165) is 0 Å². The standard InChI is InChI=1S/C12H18N4O5S/c1-20-5-12(17)16-3-2-15(4-11-13-8-21-14-11)9-6-22(18,19)7-10(9)16/h8-10H,2-7H2,1H3/t9-,10+/m1/s1. The monoisotopic (exact) mass is 330 g/mol. The zero-order valence-electron chi connectivity index (χ0n) is 12.2. The minimum absolute atomic E-state index is 0.00410. The van der Waals surface area contributed by atoms with Gasteiger partial charge in [0.1, 0.15) is 6.61 Å². The van der Waals surface area contributed by atoms with E-state index in [1.54, 1.807) is 4.90 Å². The van der Waals surface area contributed by atoms with Crippen molar-refractivity contribution in [1.29, 1.82) is 0 Å². The number of carbonyl (C=O) groups excluding carboxylic acids is 1. The van der Waals surface area contributed by atoms with Gasteiger partial charge in [-0.3, -0.25) is 9.69 Å². The Kier molecular flexibility index (Phi) is 4.15. The maximum absolute atomic E-state index is 12.1. The van der Waals surface area contributed by atoms with E-state index in [-0.39, 0.29) is 36.1 Å². The molecule has 22 heavy (non-hydrogen) atoms. The Balaban J connectivity index is 1.79. The molecule has 0 bridgehead atoms. The summed E-state index contributed by atoms with van der Waals surface area (Å²) in [7, 11) is -1.71. The lowest BCUT2D eigenvalue weighted by molar-refractivity contribution is -0.141. The third-order valence-electron chi connectivity index (χ3n) is 4.13. The molecule has 1 amide bonds. The molecule has 2 atom stereocenters. The van der Waals surface area contributed by atoms with Gasteiger partial charge in [-0.05, 0) is 0 Å². The van der Waals surface area contributed by atoms with Crippen molar-refractivity contribution >= 4 is 15.7 Å². The van der Waals surface area contributed by atoms with E-state index in [4.69, 9.17) is 9.26 Å². The van der Waals surface area contributed by atoms with Crippen LogP contribution in [0.4, 0.5) is 0 Å². The van der Waals surface area contributed by atoms with Crippen molar-refractivity contribution in [3.8, 4) is 0 Å². The van der Waals surface area contributed by atoms with Gasteiger partial charge in [-0.1, -0.05) is 5.16 Å². The molecule has 3 rings (SSSR count). The van der Waals surface area contributed by atoms with E-state index in [2.05, 4.69) is 10.1 Å². The first-order valence-electron chi connectivity index (χ1n) is 6.98. The van der Waals surface area contributed by atoms with Crippen LogP contribution in [-0.4, -0.2) is 84.7 Å². The van der Waals surface area contributed by atoms with Crippen molar-refractivity contribution in [2.45, 2.75) is 18.6 Å². The molecule has 2 aliphatic rings. The molecular weight excluding hydrogens is 312 g/mol. The van der Waals surface area contributed by atoms with E-state index in [0.29, 0.717) is 25.5 Å². The number of fused-ring (bicyclic) bond motifs is 1. The smallest absolute Gasteiger partial charge is 0.248 e. The molecule has 0 aliphatic carbocycles. The maximum atomic E-state index is 12.1. The Bertz CT molecular complexity index is 632. The molecule has 0 aromatic carbocycles. The Hall–Kier alpha value is -1.52. The van der Waals surface area contributed by atoms with E-state index in [9.17, 15) is 13.2 Å². The van der Waals surface area contributed by atoms with Crippen LogP contribution >= 0.6 is 0 Å². The number of methoxy groups -OCH3 is 1. The fourth-order valence-corrected chi connectivity index (χ4v) is 5.19. The van der Waals surface area contributed by atoms with Gasteiger partial charge in [0.25, 0.3) is 0 Å². The summed E-state index contributed by atoms with van der Waals surface area (Å²) in [6.07, 6.45) is 1.25. The van der Waals surface area contributed by atoms with Crippen LogP contribution in [-0.2, 0) is 25.9 Å². The summed E-state index contributed by atoms with van der Waals surface area (Å²) in [5.41, 5.74) is 0. The minimum atomic E-state index is -3.16. The van der Waals surface area contributed by atoms with Gasteiger partial charge in [-0.25, -0.2) is 8.42 Å². The highest BCUT2D eigenvalue weighted by atomic mass is 32.2. The van der Waals surface area contributed by atoms with Crippen molar-refractivity contribution in [2.75, 3.05) is 38.3 Å². The highest BCUT2D eigenvalue weighted by molar-refractivity contribution is 7.91. The molecule has 2 saturated heterocycles. The molecule has 2 fully saturated rings. The maximum Gasteiger partial charge on any atom is 0.248 e. The summed E-state index contributed by atoms with van der Waals surface area (Å²) in [4.78, 5) is 19.7. The van der Waals surface area contributed by atoms with Crippen molar-refractivity contribution in [1.82, 2.24) is 19.9 Å². The van der Waals surface area contributed by atoms with Gasteiger partial charge in [0.15, 0.2) is 15.7 Å². The molecule has 0 radical (unpaired) electrons. The first-order valence-corrected chi connectivity index (χ1v) is 8.80. The number of carbonyl (C=O) groups is 1. The number of aromatic nitrogens is 2. The second-order valence-electron chi connectivity index (χ2n) is 5.55. The van der Waals surface area contributed by atoms with Gasteiger partial charge >= 0.3 is 0 Å². The lowest BCUT2D eigenvalue weighted by Crippen LogP contribution is -2.60. The Morgan fingerprint density at radius 2 is 2.18 bits per heavy atom.